The van der Waals surface area contributed by atoms with Crippen molar-refractivity contribution < 1.29 is 14.3 Å². The number of hydrazone groups is 1. The second-order valence-corrected chi connectivity index (χ2v) is 8.03. The van der Waals surface area contributed by atoms with Crippen molar-refractivity contribution in [3.05, 3.63) is 70.5 Å². The standard InChI is InChI=1S/C23H24ClFN6O2.C3H4/c1-16(33)30(12-13-32)21-14-31(29-22(21)18-6-8-19(24)9-7-18)23(28-15-26)27-11-10-17-4-2-3-5-20(17)25;1-3-2/h2-9,21,32H,10-14H2,1H3,(H,27,28);1H,2H3. The molecule has 1 unspecified atom stereocenters. The van der Waals surface area contributed by atoms with Gasteiger partial charge < -0.3 is 10.0 Å². The molecule has 2 aromatic rings. The van der Waals surface area contributed by atoms with E-state index < -0.39 is 6.04 Å². The van der Waals surface area contributed by atoms with Crippen LogP contribution in [-0.2, 0) is 11.2 Å². The lowest BCUT2D eigenvalue weighted by Gasteiger charge is -2.28. The Morgan fingerprint density at radius 2 is 2.03 bits per heavy atom. The molecule has 10 heteroatoms. The van der Waals surface area contributed by atoms with E-state index >= 15 is 0 Å². The fraction of sp³-hybridized carbons (Fsp3) is 0.308. The molecule has 3 rings (SSSR count). The number of hydrogen-bond acceptors (Lipinski definition) is 5. The highest BCUT2D eigenvalue weighted by Gasteiger charge is 2.35. The molecular formula is C26H28ClFN6O2. The fourth-order valence-corrected chi connectivity index (χ4v) is 3.72. The summed E-state index contributed by atoms with van der Waals surface area (Å²) in [4.78, 5) is 18.2. The van der Waals surface area contributed by atoms with Crippen LogP contribution in [0.4, 0.5) is 4.39 Å². The molecule has 0 aliphatic carbocycles. The quantitative estimate of drug-likeness (QED) is 0.196. The number of guanidine groups is 1. The van der Waals surface area contributed by atoms with E-state index in [1.165, 1.54) is 22.9 Å². The van der Waals surface area contributed by atoms with E-state index in [1.807, 2.05) is 6.19 Å². The molecule has 0 bridgehead atoms. The van der Waals surface area contributed by atoms with Crippen molar-refractivity contribution in [2.45, 2.75) is 26.3 Å². The first kappa shape index (κ1) is 28.3. The average molecular weight is 511 g/mol. The summed E-state index contributed by atoms with van der Waals surface area (Å²) in [5.74, 6) is 1.91. The Bertz CT molecular complexity index is 1170. The van der Waals surface area contributed by atoms with Crippen LogP contribution < -0.4 is 5.32 Å². The molecule has 188 valence electrons. The van der Waals surface area contributed by atoms with Crippen molar-refractivity contribution in [3.63, 3.8) is 0 Å². The average Bonchev–Trinajstić information content (AvgIpc) is 3.28. The van der Waals surface area contributed by atoms with Crippen LogP contribution in [-0.4, -0.2) is 64.9 Å². The van der Waals surface area contributed by atoms with Gasteiger partial charge in [0.15, 0.2) is 6.19 Å². The Morgan fingerprint density at radius 1 is 1.36 bits per heavy atom. The smallest absolute Gasteiger partial charge is 0.228 e. The van der Waals surface area contributed by atoms with Gasteiger partial charge in [0.1, 0.15) is 5.82 Å². The number of aliphatic hydroxyl groups is 1. The summed E-state index contributed by atoms with van der Waals surface area (Å²) in [5, 5.41) is 27.9. The predicted octanol–water partition coefficient (Wildman–Crippen LogP) is 3.02. The molecule has 0 saturated carbocycles. The van der Waals surface area contributed by atoms with Gasteiger partial charge in [-0.1, -0.05) is 41.9 Å². The Hall–Kier alpha value is -3.92. The molecule has 1 aliphatic heterocycles. The maximum Gasteiger partial charge on any atom is 0.228 e. The topological polar surface area (TPSA) is 104 Å². The number of nitriles is 1. The summed E-state index contributed by atoms with van der Waals surface area (Å²) in [6, 6.07) is 13.0. The fourth-order valence-electron chi connectivity index (χ4n) is 3.60. The molecule has 0 radical (unpaired) electrons. The molecule has 0 fully saturated rings. The Balaban J connectivity index is 0.00000145. The normalized spacial score (nSPS) is 14.6. The van der Waals surface area contributed by atoms with Crippen LogP contribution in [0, 0.1) is 29.6 Å². The first-order valence-corrected chi connectivity index (χ1v) is 11.5. The van der Waals surface area contributed by atoms with Gasteiger partial charge in [0.05, 0.1) is 24.9 Å². The third kappa shape index (κ3) is 7.81. The molecule has 36 heavy (non-hydrogen) atoms. The second kappa shape index (κ2) is 14.5. The van der Waals surface area contributed by atoms with Gasteiger partial charge in [-0.05, 0) is 37.1 Å². The number of benzene rings is 2. The van der Waals surface area contributed by atoms with Gasteiger partial charge in [-0.15, -0.1) is 12.3 Å². The first-order valence-electron chi connectivity index (χ1n) is 11.2. The zero-order chi connectivity index (χ0) is 26.5. The van der Waals surface area contributed by atoms with E-state index in [9.17, 15) is 19.6 Å². The molecule has 0 saturated heterocycles. The summed E-state index contributed by atoms with van der Waals surface area (Å²) in [6.07, 6.45) is 6.80. The van der Waals surface area contributed by atoms with E-state index in [-0.39, 0.29) is 43.9 Å². The largest absolute Gasteiger partial charge is 0.395 e. The molecule has 8 nitrogen and oxygen atoms in total. The number of aliphatic imine (C=N–C) groups is 1. The molecule has 0 spiro atoms. The van der Waals surface area contributed by atoms with Crippen LogP contribution >= 0.6 is 11.6 Å². The number of amides is 1. The summed E-state index contributed by atoms with van der Waals surface area (Å²) >= 11 is 6.02. The van der Waals surface area contributed by atoms with Gasteiger partial charge in [0.25, 0.3) is 0 Å². The van der Waals surface area contributed by atoms with Crippen LogP contribution in [0.3, 0.4) is 0 Å². The second-order valence-electron chi connectivity index (χ2n) is 7.60. The Labute approximate surface area is 215 Å². The third-order valence-corrected chi connectivity index (χ3v) is 5.42. The minimum atomic E-state index is -0.479. The van der Waals surface area contributed by atoms with E-state index in [1.54, 1.807) is 49.4 Å². The van der Waals surface area contributed by atoms with Gasteiger partial charge in [0, 0.05) is 30.6 Å². The molecule has 1 heterocycles. The predicted molar refractivity (Wildman–Crippen MR) is 139 cm³/mol. The number of aliphatic hydroxyl groups excluding tert-OH is 1. The lowest BCUT2D eigenvalue weighted by atomic mass is 10.0. The van der Waals surface area contributed by atoms with Crippen LogP contribution in [0.15, 0.2) is 58.6 Å². The van der Waals surface area contributed by atoms with Crippen LogP contribution in [0.25, 0.3) is 0 Å². The molecule has 1 aliphatic rings. The van der Waals surface area contributed by atoms with Gasteiger partial charge in [-0.25, -0.2) is 9.40 Å². The zero-order valence-electron chi connectivity index (χ0n) is 20.2. The van der Waals surface area contributed by atoms with Crippen LogP contribution in [0.1, 0.15) is 25.0 Å². The van der Waals surface area contributed by atoms with E-state index in [2.05, 4.69) is 27.8 Å². The lowest BCUT2D eigenvalue weighted by molar-refractivity contribution is -0.130. The molecule has 0 aromatic heterocycles. The minimum absolute atomic E-state index is 0.131. The summed E-state index contributed by atoms with van der Waals surface area (Å²) in [5.41, 5.74) is 1.85. The minimum Gasteiger partial charge on any atom is -0.395 e. The molecule has 2 N–H and O–H groups in total. The number of carbonyl (C=O) groups is 1. The van der Waals surface area contributed by atoms with Gasteiger partial charge in [-0.3, -0.25) is 15.1 Å². The molecular weight excluding hydrogens is 483 g/mol. The number of nitrogens with zero attached hydrogens (tertiary/aromatic N) is 5. The zero-order valence-corrected chi connectivity index (χ0v) is 20.9. The molecule has 1 amide bonds. The van der Waals surface area contributed by atoms with E-state index in [0.717, 1.165) is 5.56 Å². The van der Waals surface area contributed by atoms with Gasteiger partial charge in [-0.2, -0.15) is 10.4 Å². The summed E-state index contributed by atoms with van der Waals surface area (Å²) in [6.45, 7) is 3.46. The molecule has 1 atom stereocenters. The summed E-state index contributed by atoms with van der Waals surface area (Å²) < 4.78 is 13.9. The number of nitrogens with one attached hydrogen (secondary N) is 1. The third-order valence-electron chi connectivity index (χ3n) is 5.16. The van der Waals surface area contributed by atoms with Crippen molar-refractivity contribution in [2.24, 2.45) is 10.1 Å². The van der Waals surface area contributed by atoms with Crippen molar-refractivity contribution in [1.82, 2.24) is 15.2 Å². The van der Waals surface area contributed by atoms with Crippen LogP contribution in [0.2, 0.25) is 5.02 Å². The number of rotatable bonds is 7. The van der Waals surface area contributed by atoms with E-state index in [0.29, 0.717) is 22.7 Å². The lowest BCUT2D eigenvalue weighted by Crippen LogP contribution is -2.48. The van der Waals surface area contributed by atoms with Gasteiger partial charge in [0.2, 0.25) is 11.9 Å². The van der Waals surface area contributed by atoms with Crippen LogP contribution in [0.5, 0.6) is 0 Å². The Morgan fingerprint density at radius 3 is 2.61 bits per heavy atom. The number of terminal acetylenes is 1. The highest BCUT2D eigenvalue weighted by molar-refractivity contribution is 6.30. The van der Waals surface area contributed by atoms with Crippen molar-refractivity contribution >= 4 is 29.2 Å². The Kier molecular flexibility index (Phi) is 11.4. The van der Waals surface area contributed by atoms with Crippen molar-refractivity contribution in [2.75, 3.05) is 26.2 Å². The number of carbonyl (C=O) groups excluding carboxylic acids is 1. The first-order chi connectivity index (χ1) is 17.4. The highest BCUT2D eigenvalue weighted by atomic mass is 35.5. The van der Waals surface area contributed by atoms with Crippen molar-refractivity contribution in [1.29, 1.82) is 5.26 Å². The van der Waals surface area contributed by atoms with E-state index in [4.69, 9.17) is 11.6 Å². The maximum atomic E-state index is 13.9. The summed E-state index contributed by atoms with van der Waals surface area (Å²) in [7, 11) is 0. The SMILES string of the molecule is C#CC.CC(=O)N(CCO)C1CN(C(=NCCc2ccccc2F)NC#N)N=C1c1ccc(Cl)cc1. The number of halogens is 2. The van der Waals surface area contributed by atoms with Crippen molar-refractivity contribution in [3.8, 4) is 18.5 Å². The monoisotopic (exact) mass is 510 g/mol. The highest BCUT2D eigenvalue weighted by Crippen LogP contribution is 2.21. The number of hydrogen-bond donors (Lipinski definition) is 2. The maximum absolute atomic E-state index is 13.9. The van der Waals surface area contributed by atoms with Gasteiger partial charge >= 0.3 is 0 Å². The molecule has 2 aromatic carbocycles.